The van der Waals surface area contributed by atoms with E-state index in [4.69, 9.17) is 16.3 Å². The lowest BCUT2D eigenvalue weighted by Crippen LogP contribution is -2.17. The summed E-state index contributed by atoms with van der Waals surface area (Å²) in [5.74, 6) is -0.458. The number of ether oxygens (including phenoxy) is 1. The molecule has 0 fully saturated rings. The number of hydrogen-bond donors (Lipinski definition) is 2. The van der Waals surface area contributed by atoms with E-state index < -0.39 is 11.9 Å². The summed E-state index contributed by atoms with van der Waals surface area (Å²) in [5, 5.41) is 13.6. The van der Waals surface area contributed by atoms with E-state index in [0.717, 1.165) is 0 Å². The van der Waals surface area contributed by atoms with Crippen molar-refractivity contribution in [1.29, 1.82) is 0 Å². The van der Waals surface area contributed by atoms with Crippen molar-refractivity contribution in [2.75, 3.05) is 0 Å². The van der Waals surface area contributed by atoms with Gasteiger partial charge < -0.3 is 9.84 Å². The average molecular weight is 395 g/mol. The summed E-state index contributed by atoms with van der Waals surface area (Å²) in [5.41, 5.74) is 3.82. The molecular formula is C21H15ClN2O4. The average Bonchev–Trinajstić information content (AvgIpc) is 2.69. The zero-order valence-electron chi connectivity index (χ0n) is 14.5. The quantitative estimate of drug-likeness (QED) is 0.296. The highest BCUT2D eigenvalue weighted by atomic mass is 35.5. The molecule has 3 aromatic rings. The van der Waals surface area contributed by atoms with Crippen LogP contribution in [0, 0.1) is 0 Å². The molecule has 6 nitrogen and oxygen atoms in total. The number of carbonyl (C=O) groups excluding carboxylic acids is 2. The minimum Gasteiger partial charge on any atom is -0.508 e. The fourth-order valence-electron chi connectivity index (χ4n) is 2.25. The molecule has 140 valence electrons. The third-order valence-electron chi connectivity index (χ3n) is 3.66. The van der Waals surface area contributed by atoms with Crippen LogP contribution >= 0.6 is 11.6 Å². The van der Waals surface area contributed by atoms with Gasteiger partial charge in [-0.15, -0.1) is 0 Å². The van der Waals surface area contributed by atoms with Crippen LogP contribution in [0.1, 0.15) is 26.3 Å². The van der Waals surface area contributed by atoms with Crippen LogP contribution in [0.4, 0.5) is 0 Å². The monoisotopic (exact) mass is 394 g/mol. The van der Waals surface area contributed by atoms with Crippen molar-refractivity contribution in [1.82, 2.24) is 5.43 Å². The second-order valence-corrected chi connectivity index (χ2v) is 6.15. The predicted octanol–water partition coefficient (Wildman–Crippen LogP) is 4.03. The smallest absolute Gasteiger partial charge is 0.343 e. The van der Waals surface area contributed by atoms with Gasteiger partial charge in [0.1, 0.15) is 11.5 Å². The molecule has 0 saturated carbocycles. The van der Waals surface area contributed by atoms with Crippen LogP contribution in [-0.4, -0.2) is 23.2 Å². The summed E-state index contributed by atoms with van der Waals surface area (Å²) in [4.78, 5) is 24.0. The molecule has 0 radical (unpaired) electrons. The van der Waals surface area contributed by atoms with Gasteiger partial charge in [-0.1, -0.05) is 17.7 Å². The number of phenolic OH excluding ortho intramolecular Hbond substituents is 1. The molecule has 0 aliphatic rings. The molecule has 28 heavy (non-hydrogen) atoms. The van der Waals surface area contributed by atoms with Gasteiger partial charge in [0.2, 0.25) is 0 Å². The molecular weight excluding hydrogens is 380 g/mol. The molecule has 0 aromatic heterocycles. The largest absolute Gasteiger partial charge is 0.508 e. The number of hydrazone groups is 1. The number of rotatable bonds is 5. The Morgan fingerprint density at radius 2 is 1.68 bits per heavy atom. The van der Waals surface area contributed by atoms with Crippen LogP contribution in [0.15, 0.2) is 77.9 Å². The summed E-state index contributed by atoms with van der Waals surface area (Å²) < 4.78 is 5.29. The Morgan fingerprint density at radius 3 is 2.36 bits per heavy atom. The maximum atomic E-state index is 12.1. The summed E-state index contributed by atoms with van der Waals surface area (Å²) in [6.45, 7) is 0. The highest BCUT2D eigenvalue weighted by Gasteiger charge is 2.09. The van der Waals surface area contributed by atoms with Crippen molar-refractivity contribution in [3.05, 3.63) is 94.5 Å². The number of nitrogens with zero attached hydrogens (tertiary/aromatic N) is 1. The van der Waals surface area contributed by atoms with Crippen molar-refractivity contribution in [2.45, 2.75) is 0 Å². The summed E-state index contributed by atoms with van der Waals surface area (Å²) in [7, 11) is 0. The molecule has 0 saturated heterocycles. The van der Waals surface area contributed by atoms with Crippen LogP contribution < -0.4 is 10.2 Å². The molecule has 0 bridgehead atoms. The number of halogens is 1. The van der Waals surface area contributed by atoms with E-state index in [0.29, 0.717) is 27.5 Å². The number of hydrogen-bond acceptors (Lipinski definition) is 5. The highest BCUT2D eigenvalue weighted by Crippen LogP contribution is 2.16. The Labute approximate surface area is 166 Å². The minimum absolute atomic E-state index is 0.0798. The van der Waals surface area contributed by atoms with Gasteiger partial charge in [-0.3, -0.25) is 4.79 Å². The first-order valence-electron chi connectivity index (χ1n) is 8.21. The van der Waals surface area contributed by atoms with E-state index >= 15 is 0 Å². The van der Waals surface area contributed by atoms with E-state index in [-0.39, 0.29) is 5.75 Å². The van der Waals surface area contributed by atoms with Crippen molar-refractivity contribution >= 4 is 29.7 Å². The molecule has 3 aromatic carbocycles. The van der Waals surface area contributed by atoms with Gasteiger partial charge in [0, 0.05) is 10.6 Å². The molecule has 2 N–H and O–H groups in total. The third kappa shape index (κ3) is 5.18. The van der Waals surface area contributed by atoms with Crippen LogP contribution in [0.25, 0.3) is 0 Å². The Bertz CT molecular complexity index is 1020. The summed E-state index contributed by atoms with van der Waals surface area (Å²) in [6.07, 6.45) is 1.46. The van der Waals surface area contributed by atoms with Crippen LogP contribution in [-0.2, 0) is 0 Å². The number of benzene rings is 3. The first-order chi connectivity index (χ1) is 13.5. The molecule has 7 heteroatoms. The van der Waals surface area contributed by atoms with Gasteiger partial charge in [-0.2, -0.15) is 5.10 Å². The van der Waals surface area contributed by atoms with Gasteiger partial charge in [0.15, 0.2) is 0 Å². The van der Waals surface area contributed by atoms with Crippen LogP contribution in [0.3, 0.4) is 0 Å². The zero-order chi connectivity index (χ0) is 19.9. The first kappa shape index (κ1) is 19.1. The maximum Gasteiger partial charge on any atom is 0.343 e. The van der Waals surface area contributed by atoms with Crippen molar-refractivity contribution in [3.8, 4) is 11.5 Å². The fourth-order valence-corrected chi connectivity index (χ4v) is 2.44. The summed E-state index contributed by atoms with van der Waals surface area (Å²) in [6, 6.07) is 18.9. The lowest BCUT2D eigenvalue weighted by Gasteiger charge is -2.05. The second-order valence-electron chi connectivity index (χ2n) is 5.71. The lowest BCUT2D eigenvalue weighted by molar-refractivity contribution is 0.0734. The predicted molar refractivity (Wildman–Crippen MR) is 106 cm³/mol. The number of phenols is 1. The molecule has 0 spiro atoms. The van der Waals surface area contributed by atoms with E-state index in [1.54, 1.807) is 42.5 Å². The number of nitrogens with one attached hydrogen (secondary N) is 1. The van der Waals surface area contributed by atoms with Crippen LogP contribution in [0.5, 0.6) is 11.5 Å². The molecule has 0 heterocycles. The van der Waals surface area contributed by atoms with Gasteiger partial charge in [-0.25, -0.2) is 10.2 Å². The molecule has 0 atom stereocenters. The van der Waals surface area contributed by atoms with Crippen LogP contribution in [0.2, 0.25) is 5.02 Å². The minimum atomic E-state index is -0.509. The maximum absolute atomic E-state index is 12.1. The van der Waals surface area contributed by atoms with Gasteiger partial charge in [-0.05, 0) is 72.3 Å². The van der Waals surface area contributed by atoms with Gasteiger partial charge >= 0.3 is 5.97 Å². The Hall–Kier alpha value is -3.64. The number of esters is 1. The SMILES string of the molecule is O=C(NN=Cc1ccc(OC(=O)c2cccc(Cl)c2)cc1)c1ccc(O)cc1. The number of aromatic hydroxyl groups is 1. The molecule has 0 aliphatic heterocycles. The number of amides is 1. The van der Waals surface area contributed by atoms with Crippen molar-refractivity contribution in [3.63, 3.8) is 0 Å². The zero-order valence-corrected chi connectivity index (χ0v) is 15.3. The van der Waals surface area contributed by atoms with Crippen molar-refractivity contribution in [2.24, 2.45) is 5.10 Å². The fraction of sp³-hybridized carbons (Fsp3) is 0. The molecule has 3 rings (SSSR count). The Balaban J connectivity index is 1.56. The second kappa shape index (κ2) is 8.83. The normalized spacial score (nSPS) is 10.6. The Morgan fingerprint density at radius 1 is 0.964 bits per heavy atom. The standard InChI is InChI=1S/C21H15ClN2O4/c22-17-3-1-2-16(12-17)21(27)28-19-10-4-14(5-11-19)13-23-24-20(26)15-6-8-18(25)9-7-15/h1-13,25H,(H,24,26). The van der Waals surface area contributed by atoms with Crippen molar-refractivity contribution < 1.29 is 19.4 Å². The molecule has 1 amide bonds. The lowest BCUT2D eigenvalue weighted by atomic mass is 10.2. The highest BCUT2D eigenvalue weighted by molar-refractivity contribution is 6.30. The van der Waals surface area contributed by atoms with Gasteiger partial charge in [0.05, 0.1) is 11.8 Å². The third-order valence-corrected chi connectivity index (χ3v) is 3.90. The van der Waals surface area contributed by atoms with E-state index in [1.807, 2.05) is 0 Å². The Kier molecular flexibility index (Phi) is 6.04. The van der Waals surface area contributed by atoms with E-state index in [9.17, 15) is 14.7 Å². The summed E-state index contributed by atoms with van der Waals surface area (Å²) >= 11 is 5.87. The van der Waals surface area contributed by atoms with E-state index in [2.05, 4.69) is 10.5 Å². The number of carbonyl (C=O) groups is 2. The molecule has 0 unspecified atom stereocenters. The van der Waals surface area contributed by atoms with E-state index in [1.165, 1.54) is 36.5 Å². The first-order valence-corrected chi connectivity index (χ1v) is 8.59. The topological polar surface area (TPSA) is 88.0 Å². The van der Waals surface area contributed by atoms with Gasteiger partial charge in [0.25, 0.3) is 5.91 Å². The molecule has 0 aliphatic carbocycles.